The zero-order chi connectivity index (χ0) is 16.6. The summed E-state index contributed by atoms with van der Waals surface area (Å²) < 4.78 is 40.5. The van der Waals surface area contributed by atoms with Gasteiger partial charge in [0.25, 0.3) is 10.0 Å². The Morgan fingerprint density at radius 1 is 1.22 bits per heavy atom. The standard InChI is InChI=1S/C15H19N3O4S/c1-4-18-11(3)15(10(2)16-18)17-23(19,20)12-5-6-13-14(9-12)22-8-7-21-13/h5-6,9,17H,4,7-8H2,1-3H3. The maximum atomic E-state index is 12.6. The van der Waals surface area contributed by atoms with Crippen LogP contribution in [0, 0.1) is 13.8 Å². The second kappa shape index (κ2) is 5.77. The fraction of sp³-hybridized carbons (Fsp3) is 0.400. The van der Waals surface area contributed by atoms with E-state index in [0.717, 1.165) is 5.69 Å². The molecule has 2 heterocycles. The zero-order valence-electron chi connectivity index (χ0n) is 13.3. The topological polar surface area (TPSA) is 82.5 Å². The molecule has 0 saturated heterocycles. The van der Waals surface area contributed by atoms with Crippen molar-refractivity contribution in [1.82, 2.24) is 9.78 Å². The summed E-state index contributed by atoms with van der Waals surface area (Å²) in [4.78, 5) is 0.129. The van der Waals surface area contributed by atoms with E-state index < -0.39 is 10.0 Å². The average molecular weight is 337 g/mol. The van der Waals surface area contributed by atoms with Crippen LogP contribution in [0.5, 0.6) is 11.5 Å². The van der Waals surface area contributed by atoms with Crippen LogP contribution in [-0.2, 0) is 16.6 Å². The van der Waals surface area contributed by atoms with Crippen molar-refractivity contribution in [2.75, 3.05) is 17.9 Å². The number of nitrogens with zero attached hydrogens (tertiary/aromatic N) is 2. The Bertz CT molecular complexity index is 843. The molecule has 23 heavy (non-hydrogen) atoms. The van der Waals surface area contributed by atoms with E-state index in [1.54, 1.807) is 17.7 Å². The number of ether oxygens (including phenoxy) is 2. The van der Waals surface area contributed by atoms with Crippen molar-refractivity contribution in [3.8, 4) is 11.5 Å². The van der Waals surface area contributed by atoms with Gasteiger partial charge >= 0.3 is 0 Å². The lowest BCUT2D eigenvalue weighted by Crippen LogP contribution is -2.17. The largest absolute Gasteiger partial charge is 0.486 e. The summed E-state index contributed by atoms with van der Waals surface area (Å²) in [6, 6.07) is 4.59. The number of nitrogens with one attached hydrogen (secondary N) is 1. The van der Waals surface area contributed by atoms with Gasteiger partial charge < -0.3 is 9.47 Å². The van der Waals surface area contributed by atoms with Gasteiger partial charge in [-0.3, -0.25) is 9.40 Å². The van der Waals surface area contributed by atoms with Gasteiger partial charge in [0.15, 0.2) is 11.5 Å². The highest BCUT2D eigenvalue weighted by Gasteiger charge is 2.22. The van der Waals surface area contributed by atoms with E-state index in [1.807, 2.05) is 13.8 Å². The molecule has 0 radical (unpaired) electrons. The number of hydrogen-bond donors (Lipinski definition) is 1. The number of benzene rings is 1. The molecule has 0 bridgehead atoms. The molecule has 0 saturated carbocycles. The van der Waals surface area contributed by atoms with Gasteiger partial charge in [-0.15, -0.1) is 0 Å². The second-order valence-electron chi connectivity index (χ2n) is 5.27. The summed E-state index contributed by atoms with van der Waals surface area (Å²) in [6.45, 7) is 7.13. The van der Waals surface area contributed by atoms with E-state index in [1.165, 1.54) is 12.1 Å². The van der Waals surface area contributed by atoms with E-state index in [0.29, 0.717) is 42.6 Å². The molecule has 0 unspecified atom stereocenters. The molecule has 1 aliphatic rings. The van der Waals surface area contributed by atoms with Crippen LogP contribution in [0.3, 0.4) is 0 Å². The van der Waals surface area contributed by atoms with Gasteiger partial charge in [0.05, 0.1) is 22.0 Å². The smallest absolute Gasteiger partial charge is 0.262 e. The number of hydrogen-bond acceptors (Lipinski definition) is 5. The Kier molecular flexibility index (Phi) is 3.93. The van der Waals surface area contributed by atoms with Crippen LogP contribution in [0.25, 0.3) is 0 Å². The molecule has 3 rings (SSSR count). The fourth-order valence-corrected chi connectivity index (χ4v) is 3.73. The summed E-state index contributed by atoms with van der Waals surface area (Å²) in [7, 11) is -3.73. The number of aryl methyl sites for hydroxylation is 2. The molecule has 0 spiro atoms. The molecule has 1 aromatic heterocycles. The molecule has 2 aromatic rings. The molecule has 1 N–H and O–H groups in total. The lowest BCUT2D eigenvalue weighted by Gasteiger charge is -2.19. The predicted octanol–water partition coefficient (Wildman–Crippen LogP) is 2.09. The molecule has 0 aliphatic carbocycles. The molecular weight excluding hydrogens is 318 g/mol. The maximum Gasteiger partial charge on any atom is 0.262 e. The quantitative estimate of drug-likeness (QED) is 0.924. The van der Waals surface area contributed by atoms with Crippen LogP contribution < -0.4 is 14.2 Å². The molecule has 1 aromatic carbocycles. The van der Waals surface area contributed by atoms with Crippen LogP contribution in [0.4, 0.5) is 5.69 Å². The van der Waals surface area contributed by atoms with Crippen LogP contribution in [0.2, 0.25) is 0 Å². The normalized spacial score (nSPS) is 13.9. The first-order chi connectivity index (χ1) is 10.9. The summed E-state index contributed by atoms with van der Waals surface area (Å²) in [6.07, 6.45) is 0. The minimum atomic E-state index is -3.73. The molecule has 0 fully saturated rings. The molecule has 8 heteroatoms. The highest BCUT2D eigenvalue weighted by atomic mass is 32.2. The van der Waals surface area contributed by atoms with Crippen molar-refractivity contribution in [3.63, 3.8) is 0 Å². The SMILES string of the molecule is CCn1nc(C)c(NS(=O)(=O)c2ccc3c(c2)OCCO3)c1C. The minimum absolute atomic E-state index is 0.129. The summed E-state index contributed by atoms with van der Waals surface area (Å²) in [5, 5.41) is 4.32. The van der Waals surface area contributed by atoms with E-state index >= 15 is 0 Å². The lowest BCUT2D eigenvalue weighted by atomic mass is 10.3. The second-order valence-corrected chi connectivity index (χ2v) is 6.95. The third kappa shape index (κ3) is 2.86. The minimum Gasteiger partial charge on any atom is -0.486 e. The van der Waals surface area contributed by atoms with E-state index in [-0.39, 0.29) is 4.90 Å². The van der Waals surface area contributed by atoms with E-state index in [4.69, 9.17) is 9.47 Å². The lowest BCUT2D eigenvalue weighted by molar-refractivity contribution is 0.171. The summed E-state index contributed by atoms with van der Waals surface area (Å²) in [5.74, 6) is 0.998. The van der Waals surface area contributed by atoms with Crippen molar-refractivity contribution >= 4 is 15.7 Å². The van der Waals surface area contributed by atoms with Crippen molar-refractivity contribution in [2.45, 2.75) is 32.2 Å². The van der Waals surface area contributed by atoms with Crippen molar-refractivity contribution in [1.29, 1.82) is 0 Å². The summed E-state index contributed by atoms with van der Waals surface area (Å²) >= 11 is 0. The molecule has 7 nitrogen and oxygen atoms in total. The van der Waals surface area contributed by atoms with E-state index in [9.17, 15) is 8.42 Å². The molecule has 0 atom stereocenters. The molecular formula is C15H19N3O4S. The zero-order valence-corrected chi connectivity index (χ0v) is 14.1. The van der Waals surface area contributed by atoms with Gasteiger partial charge in [-0.05, 0) is 32.9 Å². The fourth-order valence-electron chi connectivity index (χ4n) is 2.54. The van der Waals surface area contributed by atoms with Crippen molar-refractivity contribution in [3.05, 3.63) is 29.6 Å². The van der Waals surface area contributed by atoms with Gasteiger partial charge in [0.1, 0.15) is 13.2 Å². The number of rotatable bonds is 4. The predicted molar refractivity (Wildman–Crippen MR) is 85.6 cm³/mol. The number of sulfonamides is 1. The monoisotopic (exact) mass is 337 g/mol. The van der Waals surface area contributed by atoms with Crippen LogP contribution in [0.1, 0.15) is 18.3 Å². The van der Waals surface area contributed by atoms with Crippen molar-refractivity contribution < 1.29 is 17.9 Å². The third-order valence-corrected chi connectivity index (χ3v) is 5.09. The average Bonchev–Trinajstić information content (AvgIpc) is 2.81. The van der Waals surface area contributed by atoms with Crippen LogP contribution >= 0.6 is 0 Å². The first-order valence-corrected chi connectivity index (χ1v) is 8.87. The molecule has 124 valence electrons. The van der Waals surface area contributed by atoms with Gasteiger partial charge in [-0.2, -0.15) is 5.10 Å². The Morgan fingerprint density at radius 2 is 1.91 bits per heavy atom. The van der Waals surface area contributed by atoms with Gasteiger partial charge in [-0.25, -0.2) is 8.42 Å². The Morgan fingerprint density at radius 3 is 2.57 bits per heavy atom. The van der Waals surface area contributed by atoms with Crippen molar-refractivity contribution in [2.24, 2.45) is 0 Å². The van der Waals surface area contributed by atoms with Gasteiger partial charge in [-0.1, -0.05) is 0 Å². The molecule has 1 aliphatic heterocycles. The van der Waals surface area contributed by atoms with E-state index in [2.05, 4.69) is 9.82 Å². The first-order valence-electron chi connectivity index (χ1n) is 7.39. The van der Waals surface area contributed by atoms with Gasteiger partial charge in [0, 0.05) is 12.6 Å². The van der Waals surface area contributed by atoms with Gasteiger partial charge in [0.2, 0.25) is 0 Å². The van der Waals surface area contributed by atoms with Crippen LogP contribution in [-0.4, -0.2) is 31.4 Å². The Balaban J connectivity index is 1.95. The highest BCUT2D eigenvalue weighted by molar-refractivity contribution is 7.92. The number of fused-ring (bicyclic) bond motifs is 1. The third-order valence-electron chi connectivity index (χ3n) is 3.74. The number of aromatic nitrogens is 2. The Labute approximate surface area is 135 Å². The highest BCUT2D eigenvalue weighted by Crippen LogP contribution is 2.33. The Hall–Kier alpha value is -2.22. The van der Waals surface area contributed by atoms with Crippen LogP contribution in [0.15, 0.2) is 23.1 Å². The number of anilines is 1. The summed E-state index contributed by atoms with van der Waals surface area (Å²) in [5.41, 5.74) is 1.94. The first kappa shape index (κ1) is 15.7. The molecule has 0 amide bonds. The maximum absolute atomic E-state index is 12.6.